The number of hydrogen-bond donors (Lipinski definition) is 0. The molecule has 0 amide bonds. The van der Waals surface area contributed by atoms with E-state index in [1.54, 1.807) is 7.11 Å². The highest BCUT2D eigenvalue weighted by atomic mass is 16.5. The Kier molecular flexibility index (Phi) is 4.60. The van der Waals surface area contributed by atoms with Crippen LogP contribution in [0.15, 0.2) is 28.7 Å². The Morgan fingerprint density at radius 2 is 1.96 bits per heavy atom. The lowest BCUT2D eigenvalue weighted by atomic mass is 10.0. The number of benzene rings is 1. The van der Waals surface area contributed by atoms with Crippen molar-refractivity contribution in [2.24, 2.45) is 0 Å². The van der Waals surface area contributed by atoms with Crippen LogP contribution in [0, 0.1) is 0 Å². The first-order valence-corrected chi connectivity index (χ1v) is 8.27. The average Bonchev–Trinajstić information content (AvgIpc) is 3.02. The van der Waals surface area contributed by atoms with Gasteiger partial charge in [0.05, 0.1) is 24.9 Å². The number of methoxy groups -OCH3 is 1. The molecule has 2 aromatic rings. The second-order valence-corrected chi connectivity index (χ2v) is 6.97. The predicted octanol–water partition coefficient (Wildman–Crippen LogP) is 3.31. The lowest BCUT2D eigenvalue weighted by Gasteiger charge is -2.43. The van der Waals surface area contributed by atoms with Crippen molar-refractivity contribution < 1.29 is 13.9 Å². The third kappa shape index (κ3) is 3.60. The largest absolute Gasteiger partial charge is 0.497 e. The van der Waals surface area contributed by atoms with Gasteiger partial charge in [-0.15, -0.1) is 10.2 Å². The summed E-state index contributed by atoms with van der Waals surface area (Å²) in [6, 6.07) is 7.65. The summed E-state index contributed by atoms with van der Waals surface area (Å²) in [5.74, 6) is 1.96. The molecule has 6 heteroatoms. The van der Waals surface area contributed by atoms with Crippen LogP contribution in [0.3, 0.4) is 0 Å². The summed E-state index contributed by atoms with van der Waals surface area (Å²) >= 11 is 0. The molecule has 0 saturated carbocycles. The van der Waals surface area contributed by atoms with Crippen molar-refractivity contribution in [1.29, 1.82) is 0 Å². The minimum Gasteiger partial charge on any atom is -0.497 e. The molecule has 2 heterocycles. The van der Waals surface area contributed by atoms with Gasteiger partial charge in [-0.05, 0) is 52.0 Å². The summed E-state index contributed by atoms with van der Waals surface area (Å²) in [4.78, 5) is 2.33. The molecule has 0 spiro atoms. The van der Waals surface area contributed by atoms with Gasteiger partial charge in [-0.25, -0.2) is 0 Å². The first-order valence-electron chi connectivity index (χ1n) is 8.27. The topological polar surface area (TPSA) is 60.6 Å². The first-order chi connectivity index (χ1) is 11.4. The molecule has 0 bridgehead atoms. The molecule has 1 aromatic carbocycles. The average molecular weight is 331 g/mol. The van der Waals surface area contributed by atoms with Crippen LogP contribution in [0.1, 0.15) is 39.6 Å². The molecule has 1 fully saturated rings. The van der Waals surface area contributed by atoms with E-state index in [1.165, 1.54) is 0 Å². The Morgan fingerprint density at radius 1 is 1.25 bits per heavy atom. The van der Waals surface area contributed by atoms with Crippen molar-refractivity contribution in [3.8, 4) is 17.2 Å². The maximum Gasteiger partial charge on any atom is 0.247 e. The SMILES string of the molecule is COc1ccc(-c2nnc([C@H](C)N3C[C@H](C)OC(C)(C)C3)o2)cc1. The van der Waals surface area contributed by atoms with Crippen LogP contribution in [-0.2, 0) is 4.74 Å². The third-order valence-corrected chi connectivity index (χ3v) is 4.28. The van der Waals surface area contributed by atoms with E-state index >= 15 is 0 Å². The van der Waals surface area contributed by atoms with E-state index in [9.17, 15) is 0 Å². The molecule has 1 saturated heterocycles. The molecular formula is C18H25N3O3. The van der Waals surface area contributed by atoms with Crippen molar-refractivity contribution in [3.63, 3.8) is 0 Å². The Bertz CT molecular complexity index is 681. The normalized spacial score (nSPS) is 22.3. The quantitative estimate of drug-likeness (QED) is 0.856. The summed E-state index contributed by atoms with van der Waals surface area (Å²) in [5, 5.41) is 8.45. The van der Waals surface area contributed by atoms with Crippen molar-refractivity contribution in [1.82, 2.24) is 15.1 Å². The molecule has 6 nitrogen and oxygen atoms in total. The molecule has 0 unspecified atom stereocenters. The summed E-state index contributed by atoms with van der Waals surface area (Å²) < 4.78 is 17.1. The molecule has 2 atom stereocenters. The predicted molar refractivity (Wildman–Crippen MR) is 90.9 cm³/mol. The molecule has 0 radical (unpaired) electrons. The maximum atomic E-state index is 5.97. The van der Waals surface area contributed by atoms with Crippen LogP contribution in [0.4, 0.5) is 0 Å². The maximum absolute atomic E-state index is 5.97. The van der Waals surface area contributed by atoms with Crippen LogP contribution in [0.2, 0.25) is 0 Å². The number of ether oxygens (including phenoxy) is 2. The van der Waals surface area contributed by atoms with Gasteiger partial charge >= 0.3 is 0 Å². The third-order valence-electron chi connectivity index (χ3n) is 4.28. The fraction of sp³-hybridized carbons (Fsp3) is 0.556. The second kappa shape index (κ2) is 6.53. The van der Waals surface area contributed by atoms with Crippen molar-refractivity contribution in [2.45, 2.75) is 45.4 Å². The zero-order chi connectivity index (χ0) is 17.3. The van der Waals surface area contributed by atoms with Gasteiger partial charge in [0.25, 0.3) is 0 Å². The van der Waals surface area contributed by atoms with Crippen molar-refractivity contribution >= 4 is 0 Å². The second-order valence-electron chi connectivity index (χ2n) is 6.97. The summed E-state index contributed by atoms with van der Waals surface area (Å²) in [7, 11) is 1.65. The van der Waals surface area contributed by atoms with E-state index in [0.717, 1.165) is 24.4 Å². The highest BCUT2D eigenvalue weighted by Gasteiger charge is 2.35. The van der Waals surface area contributed by atoms with E-state index in [2.05, 4.69) is 42.8 Å². The fourth-order valence-electron chi connectivity index (χ4n) is 3.21. The smallest absolute Gasteiger partial charge is 0.247 e. The summed E-state index contributed by atoms with van der Waals surface area (Å²) in [5.41, 5.74) is 0.711. The van der Waals surface area contributed by atoms with E-state index in [0.29, 0.717) is 11.8 Å². The van der Waals surface area contributed by atoms with Gasteiger partial charge in [-0.2, -0.15) is 0 Å². The zero-order valence-electron chi connectivity index (χ0n) is 14.9. The van der Waals surface area contributed by atoms with Gasteiger partial charge < -0.3 is 13.9 Å². The molecule has 1 aliphatic rings. The van der Waals surface area contributed by atoms with E-state index < -0.39 is 0 Å². The number of aromatic nitrogens is 2. The van der Waals surface area contributed by atoms with Crippen molar-refractivity contribution in [2.75, 3.05) is 20.2 Å². The number of hydrogen-bond acceptors (Lipinski definition) is 6. The number of morpholine rings is 1. The van der Waals surface area contributed by atoms with E-state index in [-0.39, 0.29) is 17.7 Å². The fourth-order valence-corrected chi connectivity index (χ4v) is 3.21. The standard InChI is InChI=1S/C18H25N3O3/c1-12-10-21(11-18(3,4)24-12)13(2)16-19-20-17(23-16)14-6-8-15(22-5)9-7-14/h6-9,12-13H,10-11H2,1-5H3/t12-,13-/m0/s1. The van der Waals surface area contributed by atoms with Gasteiger partial charge in [0.1, 0.15) is 5.75 Å². The lowest BCUT2D eigenvalue weighted by Crippen LogP contribution is -2.52. The summed E-state index contributed by atoms with van der Waals surface area (Å²) in [6.07, 6.45) is 0.181. The van der Waals surface area contributed by atoms with Gasteiger partial charge in [0.2, 0.25) is 11.8 Å². The van der Waals surface area contributed by atoms with Crippen LogP contribution >= 0.6 is 0 Å². The first kappa shape index (κ1) is 16.9. The Morgan fingerprint density at radius 3 is 2.58 bits per heavy atom. The molecule has 3 rings (SSSR count). The Balaban J connectivity index is 1.76. The highest BCUT2D eigenvalue weighted by molar-refractivity contribution is 5.53. The molecule has 24 heavy (non-hydrogen) atoms. The molecule has 0 aliphatic carbocycles. The van der Waals surface area contributed by atoms with Gasteiger partial charge in [-0.3, -0.25) is 4.90 Å². The van der Waals surface area contributed by atoms with Gasteiger partial charge in [-0.1, -0.05) is 0 Å². The van der Waals surface area contributed by atoms with Gasteiger partial charge in [0, 0.05) is 18.7 Å². The lowest BCUT2D eigenvalue weighted by molar-refractivity contribution is -0.138. The molecule has 1 aliphatic heterocycles. The minimum absolute atomic E-state index is 0.0510. The Labute approximate surface area is 142 Å². The van der Waals surface area contributed by atoms with Crippen LogP contribution in [0.25, 0.3) is 11.5 Å². The van der Waals surface area contributed by atoms with E-state index in [4.69, 9.17) is 13.9 Å². The van der Waals surface area contributed by atoms with Crippen LogP contribution in [0.5, 0.6) is 5.75 Å². The zero-order valence-corrected chi connectivity index (χ0v) is 14.9. The molecular weight excluding hydrogens is 306 g/mol. The minimum atomic E-state index is -0.176. The van der Waals surface area contributed by atoms with Gasteiger partial charge in [0.15, 0.2) is 0 Å². The van der Waals surface area contributed by atoms with Crippen molar-refractivity contribution in [3.05, 3.63) is 30.2 Å². The molecule has 0 N–H and O–H groups in total. The highest BCUT2D eigenvalue weighted by Crippen LogP contribution is 2.30. The molecule has 130 valence electrons. The summed E-state index contributed by atoms with van der Waals surface area (Å²) in [6.45, 7) is 10.1. The number of rotatable bonds is 4. The Hall–Kier alpha value is -1.92. The van der Waals surface area contributed by atoms with Crippen LogP contribution in [-0.4, -0.2) is 47.0 Å². The number of nitrogens with zero attached hydrogens (tertiary/aromatic N) is 3. The monoisotopic (exact) mass is 331 g/mol. The van der Waals surface area contributed by atoms with Crippen LogP contribution < -0.4 is 4.74 Å². The van der Waals surface area contributed by atoms with E-state index in [1.807, 2.05) is 24.3 Å². The molecule has 1 aromatic heterocycles.